The van der Waals surface area contributed by atoms with Crippen LogP contribution in [-0.2, 0) is 12.8 Å². The molecule has 1 aliphatic rings. The minimum Gasteiger partial charge on any atom is -0.496 e. The third kappa shape index (κ3) is 3.76. The average Bonchev–Trinajstić information content (AvgIpc) is 2.47. The number of aryl methyl sites for hydroxylation is 1. The first-order valence-electron chi connectivity index (χ1n) is 8.19. The van der Waals surface area contributed by atoms with Gasteiger partial charge in [0.15, 0.2) is 0 Å². The fourth-order valence-corrected chi connectivity index (χ4v) is 3.43. The maximum atomic E-state index is 5.53. The van der Waals surface area contributed by atoms with E-state index in [2.05, 4.69) is 37.4 Å². The van der Waals surface area contributed by atoms with E-state index < -0.39 is 0 Å². The van der Waals surface area contributed by atoms with Crippen molar-refractivity contribution >= 4 is 0 Å². The molecule has 2 rings (SSSR count). The highest BCUT2D eigenvalue weighted by Gasteiger charge is 2.23. The number of rotatable bonds is 7. The van der Waals surface area contributed by atoms with Gasteiger partial charge in [0.05, 0.1) is 7.11 Å². The maximum Gasteiger partial charge on any atom is 0.122 e. The van der Waals surface area contributed by atoms with Gasteiger partial charge < -0.3 is 10.1 Å². The van der Waals surface area contributed by atoms with Crippen molar-refractivity contribution in [2.24, 2.45) is 0 Å². The lowest BCUT2D eigenvalue weighted by atomic mass is 9.87. The van der Waals surface area contributed by atoms with Gasteiger partial charge in [-0.15, -0.1) is 0 Å². The molecular weight excluding hydrogens is 246 g/mol. The Bertz CT molecular complexity index is 396. The Morgan fingerprint density at radius 2 is 2.00 bits per heavy atom. The highest BCUT2D eigenvalue weighted by molar-refractivity contribution is 5.42. The second-order valence-corrected chi connectivity index (χ2v) is 5.98. The largest absolute Gasteiger partial charge is 0.496 e. The molecule has 20 heavy (non-hydrogen) atoms. The second kappa shape index (κ2) is 7.68. The molecule has 0 aromatic heterocycles. The summed E-state index contributed by atoms with van der Waals surface area (Å²) in [7, 11) is 1.78. The van der Waals surface area contributed by atoms with Gasteiger partial charge >= 0.3 is 0 Å². The quantitative estimate of drug-likeness (QED) is 0.808. The Morgan fingerprint density at radius 3 is 2.65 bits per heavy atom. The van der Waals surface area contributed by atoms with Crippen LogP contribution in [0.25, 0.3) is 0 Å². The molecule has 0 bridgehead atoms. The van der Waals surface area contributed by atoms with Crippen molar-refractivity contribution in [2.45, 2.75) is 70.9 Å². The first-order chi connectivity index (χ1) is 9.78. The molecule has 0 heterocycles. The molecule has 0 radical (unpaired) electrons. The number of nitrogens with one attached hydrogen (secondary N) is 1. The van der Waals surface area contributed by atoms with Crippen LogP contribution in [0.2, 0.25) is 0 Å². The van der Waals surface area contributed by atoms with Crippen molar-refractivity contribution < 1.29 is 4.74 Å². The van der Waals surface area contributed by atoms with Crippen LogP contribution in [0.4, 0.5) is 0 Å². The number of hydrogen-bond donors (Lipinski definition) is 1. The van der Waals surface area contributed by atoms with Gasteiger partial charge in [0.25, 0.3) is 0 Å². The summed E-state index contributed by atoms with van der Waals surface area (Å²) in [6.45, 7) is 4.56. The van der Waals surface area contributed by atoms with Crippen molar-refractivity contribution in [1.82, 2.24) is 5.32 Å². The fraction of sp³-hybridized carbons (Fsp3) is 0.667. The molecule has 1 aromatic rings. The summed E-state index contributed by atoms with van der Waals surface area (Å²) in [6, 6.07) is 7.76. The van der Waals surface area contributed by atoms with E-state index in [0.717, 1.165) is 12.2 Å². The SMILES string of the molecule is CCCC(CCC)NC1CCc2cccc(OC)c2C1. The molecule has 2 nitrogen and oxygen atoms in total. The van der Waals surface area contributed by atoms with E-state index in [1.807, 2.05) is 0 Å². The van der Waals surface area contributed by atoms with Crippen LogP contribution in [-0.4, -0.2) is 19.2 Å². The number of benzene rings is 1. The Labute approximate surface area is 123 Å². The first-order valence-corrected chi connectivity index (χ1v) is 8.19. The molecule has 1 atom stereocenters. The Hall–Kier alpha value is -1.02. The standard InChI is InChI=1S/C18H29NO/c1-4-7-15(8-5-2)19-16-12-11-14-9-6-10-18(20-3)17(14)13-16/h6,9-10,15-16,19H,4-5,7-8,11-13H2,1-3H3. The van der Waals surface area contributed by atoms with Gasteiger partial charge in [0.2, 0.25) is 0 Å². The fourth-order valence-electron chi connectivity index (χ4n) is 3.43. The summed E-state index contributed by atoms with van der Waals surface area (Å²) in [5.41, 5.74) is 2.90. The Morgan fingerprint density at radius 1 is 1.25 bits per heavy atom. The topological polar surface area (TPSA) is 21.3 Å². The Kier molecular flexibility index (Phi) is 5.90. The third-order valence-corrected chi connectivity index (χ3v) is 4.41. The molecule has 1 N–H and O–H groups in total. The van der Waals surface area contributed by atoms with E-state index in [9.17, 15) is 0 Å². The van der Waals surface area contributed by atoms with E-state index in [0.29, 0.717) is 12.1 Å². The molecule has 1 unspecified atom stereocenters. The van der Waals surface area contributed by atoms with Crippen LogP contribution in [0, 0.1) is 0 Å². The Balaban J connectivity index is 2.02. The molecule has 0 aliphatic heterocycles. The summed E-state index contributed by atoms with van der Waals surface area (Å²) in [6.07, 6.45) is 8.67. The highest BCUT2D eigenvalue weighted by atomic mass is 16.5. The minimum atomic E-state index is 0.613. The van der Waals surface area contributed by atoms with Gasteiger partial charge in [-0.2, -0.15) is 0 Å². The smallest absolute Gasteiger partial charge is 0.122 e. The molecular formula is C18H29NO. The van der Waals surface area contributed by atoms with Crippen LogP contribution >= 0.6 is 0 Å². The van der Waals surface area contributed by atoms with Gasteiger partial charge in [0, 0.05) is 12.1 Å². The lowest BCUT2D eigenvalue weighted by Gasteiger charge is -2.30. The number of methoxy groups -OCH3 is 1. The summed E-state index contributed by atoms with van der Waals surface area (Å²) < 4.78 is 5.53. The summed E-state index contributed by atoms with van der Waals surface area (Å²) in [5.74, 6) is 1.07. The molecule has 1 aromatic carbocycles. The predicted octanol–water partition coefficient (Wildman–Crippen LogP) is 4.11. The highest BCUT2D eigenvalue weighted by Crippen LogP contribution is 2.29. The maximum absolute atomic E-state index is 5.53. The lowest BCUT2D eigenvalue weighted by Crippen LogP contribution is -2.41. The van der Waals surface area contributed by atoms with Crippen molar-refractivity contribution in [2.75, 3.05) is 7.11 Å². The molecule has 0 spiro atoms. The zero-order chi connectivity index (χ0) is 14.4. The normalized spacial score (nSPS) is 18.1. The monoisotopic (exact) mass is 275 g/mol. The van der Waals surface area contributed by atoms with Crippen molar-refractivity contribution in [3.63, 3.8) is 0 Å². The number of fused-ring (bicyclic) bond motifs is 1. The van der Waals surface area contributed by atoms with Crippen LogP contribution in [0.3, 0.4) is 0 Å². The van der Waals surface area contributed by atoms with E-state index in [1.165, 1.54) is 49.7 Å². The van der Waals surface area contributed by atoms with Gasteiger partial charge in [-0.25, -0.2) is 0 Å². The van der Waals surface area contributed by atoms with Gasteiger partial charge in [-0.3, -0.25) is 0 Å². The van der Waals surface area contributed by atoms with Gasteiger partial charge in [0.1, 0.15) is 5.75 Å². The molecule has 0 saturated carbocycles. The first kappa shape index (κ1) is 15.4. The third-order valence-electron chi connectivity index (χ3n) is 4.41. The second-order valence-electron chi connectivity index (χ2n) is 5.98. The molecule has 1 aliphatic carbocycles. The van der Waals surface area contributed by atoms with Gasteiger partial charge in [-0.05, 0) is 49.3 Å². The van der Waals surface area contributed by atoms with Gasteiger partial charge in [-0.1, -0.05) is 38.8 Å². The van der Waals surface area contributed by atoms with E-state index in [1.54, 1.807) is 7.11 Å². The van der Waals surface area contributed by atoms with Crippen LogP contribution < -0.4 is 10.1 Å². The number of ether oxygens (including phenoxy) is 1. The summed E-state index contributed by atoms with van der Waals surface area (Å²) in [5, 5.41) is 3.89. The molecule has 2 heteroatoms. The van der Waals surface area contributed by atoms with Crippen molar-refractivity contribution in [1.29, 1.82) is 0 Å². The summed E-state index contributed by atoms with van der Waals surface area (Å²) >= 11 is 0. The van der Waals surface area contributed by atoms with Crippen LogP contribution in [0.1, 0.15) is 57.1 Å². The molecule has 0 fully saturated rings. The van der Waals surface area contributed by atoms with E-state index in [4.69, 9.17) is 4.74 Å². The lowest BCUT2D eigenvalue weighted by molar-refractivity contribution is 0.350. The van der Waals surface area contributed by atoms with Crippen LogP contribution in [0.15, 0.2) is 18.2 Å². The van der Waals surface area contributed by atoms with Crippen molar-refractivity contribution in [3.05, 3.63) is 29.3 Å². The average molecular weight is 275 g/mol. The molecule has 0 saturated heterocycles. The summed E-state index contributed by atoms with van der Waals surface area (Å²) in [4.78, 5) is 0. The zero-order valence-electron chi connectivity index (χ0n) is 13.2. The molecule has 112 valence electrons. The van der Waals surface area contributed by atoms with Crippen LogP contribution in [0.5, 0.6) is 5.75 Å². The zero-order valence-corrected chi connectivity index (χ0v) is 13.2. The van der Waals surface area contributed by atoms with Crippen molar-refractivity contribution in [3.8, 4) is 5.75 Å². The molecule has 0 amide bonds. The van der Waals surface area contributed by atoms with E-state index >= 15 is 0 Å². The predicted molar refractivity (Wildman–Crippen MR) is 85.5 cm³/mol. The van der Waals surface area contributed by atoms with E-state index in [-0.39, 0.29) is 0 Å². The number of hydrogen-bond acceptors (Lipinski definition) is 2. The minimum absolute atomic E-state index is 0.613.